The van der Waals surface area contributed by atoms with Crippen molar-refractivity contribution in [1.82, 2.24) is 9.80 Å². The molecule has 2 aromatic carbocycles. The van der Waals surface area contributed by atoms with Crippen molar-refractivity contribution in [3.8, 4) is 11.5 Å². The van der Waals surface area contributed by atoms with Crippen LogP contribution in [0.5, 0.6) is 11.5 Å². The lowest BCUT2D eigenvalue weighted by Gasteiger charge is -2.41. The normalized spacial score (nSPS) is 18.6. The molecule has 0 radical (unpaired) electrons. The Kier molecular flexibility index (Phi) is 6.96. The molecule has 2 aromatic rings. The van der Waals surface area contributed by atoms with Crippen LogP contribution in [0.15, 0.2) is 42.5 Å². The number of aliphatic hydroxyl groups is 1. The second-order valence-electron chi connectivity index (χ2n) is 6.97. The maximum atomic E-state index is 9.85. The quantitative estimate of drug-likeness (QED) is 0.760. The highest BCUT2D eigenvalue weighted by molar-refractivity contribution is 6.31. The Hall–Kier alpha value is -1.79. The third-order valence-electron chi connectivity index (χ3n) is 5.12. The van der Waals surface area contributed by atoms with E-state index in [1.165, 1.54) is 18.7 Å². The molecule has 1 aliphatic rings. The lowest BCUT2D eigenvalue weighted by molar-refractivity contribution is 0.0499. The molecule has 1 saturated heterocycles. The summed E-state index contributed by atoms with van der Waals surface area (Å²) < 4.78 is 5.20. The van der Waals surface area contributed by atoms with E-state index < -0.39 is 0 Å². The van der Waals surface area contributed by atoms with E-state index in [4.69, 9.17) is 16.3 Å². The summed E-state index contributed by atoms with van der Waals surface area (Å²) in [6.45, 7) is 4.49. The number of nitrogens with zero attached hydrogens (tertiary/aromatic N) is 2. The fourth-order valence-corrected chi connectivity index (χ4v) is 3.88. The Morgan fingerprint density at radius 1 is 1.15 bits per heavy atom. The molecule has 0 aromatic heterocycles. The highest BCUT2D eigenvalue weighted by atomic mass is 35.5. The molecule has 146 valence electrons. The Morgan fingerprint density at radius 3 is 2.63 bits per heavy atom. The van der Waals surface area contributed by atoms with Crippen LogP contribution in [0.25, 0.3) is 0 Å². The number of rotatable bonds is 7. The summed E-state index contributed by atoms with van der Waals surface area (Å²) in [5.74, 6) is 0.487. The van der Waals surface area contributed by atoms with Crippen LogP contribution >= 0.6 is 11.6 Å². The molecule has 2 N–H and O–H groups in total. The number of methoxy groups -OCH3 is 1. The molecular formula is C21H27ClN2O3. The van der Waals surface area contributed by atoms with Crippen LogP contribution < -0.4 is 4.74 Å². The number of piperazine rings is 1. The van der Waals surface area contributed by atoms with Crippen molar-refractivity contribution in [2.75, 3.05) is 33.4 Å². The lowest BCUT2D eigenvalue weighted by atomic mass is 10.1. The molecular weight excluding hydrogens is 364 g/mol. The molecule has 0 spiro atoms. The van der Waals surface area contributed by atoms with Crippen LogP contribution in [0.3, 0.4) is 0 Å². The fraction of sp³-hybridized carbons (Fsp3) is 0.429. The average Bonchev–Trinajstić information content (AvgIpc) is 2.67. The molecule has 0 amide bonds. The van der Waals surface area contributed by atoms with E-state index in [0.717, 1.165) is 38.2 Å². The SMILES string of the molecule is COc1cc(CN2CCN(Cc3ccccc3)[C@@H](CCO)C2)c(Cl)cc1O. The van der Waals surface area contributed by atoms with Gasteiger partial charge in [0.25, 0.3) is 0 Å². The molecule has 0 saturated carbocycles. The van der Waals surface area contributed by atoms with Crippen LogP contribution in [-0.4, -0.2) is 59.4 Å². The summed E-state index contributed by atoms with van der Waals surface area (Å²) in [6, 6.07) is 14.1. The van der Waals surface area contributed by atoms with Crippen molar-refractivity contribution in [1.29, 1.82) is 0 Å². The molecule has 6 heteroatoms. The third kappa shape index (κ3) is 5.14. The smallest absolute Gasteiger partial charge is 0.160 e. The summed E-state index contributed by atoms with van der Waals surface area (Å²) in [5.41, 5.74) is 2.23. The van der Waals surface area contributed by atoms with Crippen molar-refractivity contribution < 1.29 is 14.9 Å². The number of hydrogen-bond donors (Lipinski definition) is 2. The van der Waals surface area contributed by atoms with Crippen LogP contribution in [0, 0.1) is 0 Å². The minimum atomic E-state index is 0.0529. The van der Waals surface area contributed by atoms with E-state index in [2.05, 4.69) is 34.1 Å². The zero-order valence-electron chi connectivity index (χ0n) is 15.6. The molecule has 1 atom stereocenters. The number of aromatic hydroxyl groups is 1. The number of halogens is 1. The Morgan fingerprint density at radius 2 is 1.93 bits per heavy atom. The first-order valence-electron chi connectivity index (χ1n) is 9.27. The van der Waals surface area contributed by atoms with Gasteiger partial charge in [-0.1, -0.05) is 41.9 Å². The van der Waals surface area contributed by atoms with Gasteiger partial charge in [-0.05, 0) is 23.6 Å². The van der Waals surface area contributed by atoms with Crippen molar-refractivity contribution in [2.24, 2.45) is 0 Å². The number of benzene rings is 2. The van der Waals surface area contributed by atoms with Crippen molar-refractivity contribution >= 4 is 11.6 Å². The van der Waals surface area contributed by atoms with E-state index in [0.29, 0.717) is 23.4 Å². The summed E-state index contributed by atoms with van der Waals surface area (Å²) in [7, 11) is 1.53. The molecule has 0 aliphatic carbocycles. The molecule has 1 fully saturated rings. The average molecular weight is 391 g/mol. The summed E-state index contributed by atoms with van der Waals surface area (Å²) in [6.07, 6.45) is 0.746. The van der Waals surface area contributed by atoms with Gasteiger partial charge in [0.1, 0.15) is 0 Å². The van der Waals surface area contributed by atoms with Crippen molar-refractivity contribution in [2.45, 2.75) is 25.6 Å². The molecule has 1 aliphatic heterocycles. The van der Waals surface area contributed by atoms with Gasteiger partial charge in [-0.25, -0.2) is 0 Å². The van der Waals surface area contributed by atoms with Gasteiger partial charge >= 0.3 is 0 Å². The number of aliphatic hydroxyl groups excluding tert-OH is 1. The van der Waals surface area contributed by atoms with E-state index in [9.17, 15) is 10.2 Å². The molecule has 0 bridgehead atoms. The second-order valence-corrected chi connectivity index (χ2v) is 7.38. The first-order valence-corrected chi connectivity index (χ1v) is 9.65. The van der Waals surface area contributed by atoms with Gasteiger partial charge in [0.05, 0.1) is 7.11 Å². The first kappa shape index (κ1) is 20.0. The van der Waals surface area contributed by atoms with Gasteiger partial charge in [0.2, 0.25) is 0 Å². The number of phenols is 1. The van der Waals surface area contributed by atoms with Crippen molar-refractivity contribution in [3.63, 3.8) is 0 Å². The van der Waals surface area contributed by atoms with Crippen LogP contribution in [0.2, 0.25) is 5.02 Å². The summed E-state index contributed by atoms with van der Waals surface area (Å²) in [4.78, 5) is 4.79. The zero-order valence-corrected chi connectivity index (χ0v) is 16.4. The highest BCUT2D eigenvalue weighted by Crippen LogP contribution is 2.33. The van der Waals surface area contributed by atoms with Crippen LogP contribution in [0.4, 0.5) is 0 Å². The zero-order chi connectivity index (χ0) is 19.2. The maximum absolute atomic E-state index is 9.85. The van der Waals surface area contributed by atoms with Gasteiger partial charge in [-0.3, -0.25) is 9.80 Å². The van der Waals surface area contributed by atoms with Gasteiger partial charge in [0, 0.05) is 56.5 Å². The van der Waals surface area contributed by atoms with E-state index >= 15 is 0 Å². The fourth-order valence-electron chi connectivity index (χ4n) is 3.66. The first-order chi connectivity index (χ1) is 13.1. The van der Waals surface area contributed by atoms with Gasteiger partial charge in [-0.2, -0.15) is 0 Å². The van der Waals surface area contributed by atoms with E-state index in [-0.39, 0.29) is 12.4 Å². The molecule has 27 heavy (non-hydrogen) atoms. The summed E-state index contributed by atoms with van der Waals surface area (Å²) >= 11 is 6.32. The minimum absolute atomic E-state index is 0.0529. The standard InChI is InChI=1S/C21H27ClN2O3/c1-27-21-11-17(19(22)12-20(21)26)14-23-8-9-24(18(15-23)7-10-25)13-16-5-3-2-4-6-16/h2-6,11-12,18,25-26H,7-10,13-15H2,1H3/t18-/m0/s1. The lowest BCUT2D eigenvalue weighted by Crippen LogP contribution is -2.52. The van der Waals surface area contributed by atoms with Crippen molar-refractivity contribution in [3.05, 3.63) is 58.6 Å². The predicted molar refractivity (Wildman–Crippen MR) is 107 cm³/mol. The van der Waals surface area contributed by atoms with Gasteiger partial charge in [-0.15, -0.1) is 0 Å². The Balaban J connectivity index is 1.67. The van der Waals surface area contributed by atoms with E-state index in [1.807, 2.05) is 6.07 Å². The number of phenolic OH excluding ortho intramolecular Hbond substituents is 1. The Bertz CT molecular complexity index is 742. The maximum Gasteiger partial charge on any atom is 0.160 e. The third-order valence-corrected chi connectivity index (χ3v) is 5.47. The summed E-state index contributed by atoms with van der Waals surface area (Å²) in [5, 5.41) is 19.9. The highest BCUT2D eigenvalue weighted by Gasteiger charge is 2.27. The number of hydrogen-bond acceptors (Lipinski definition) is 5. The van der Waals surface area contributed by atoms with Crippen LogP contribution in [-0.2, 0) is 13.1 Å². The molecule has 0 unspecified atom stereocenters. The van der Waals surface area contributed by atoms with Crippen LogP contribution in [0.1, 0.15) is 17.5 Å². The largest absolute Gasteiger partial charge is 0.504 e. The second kappa shape index (κ2) is 9.42. The van der Waals surface area contributed by atoms with E-state index in [1.54, 1.807) is 6.07 Å². The Labute approximate surface area is 165 Å². The van der Waals surface area contributed by atoms with Gasteiger partial charge in [0.15, 0.2) is 11.5 Å². The molecule has 5 nitrogen and oxygen atoms in total. The monoisotopic (exact) mass is 390 g/mol. The minimum Gasteiger partial charge on any atom is -0.504 e. The van der Waals surface area contributed by atoms with Gasteiger partial charge < -0.3 is 14.9 Å². The predicted octanol–water partition coefficient (Wildman–Crippen LogP) is 3.12. The molecule has 1 heterocycles. The number of ether oxygens (including phenoxy) is 1. The molecule has 3 rings (SSSR count). The topological polar surface area (TPSA) is 56.2 Å².